The van der Waals surface area contributed by atoms with Gasteiger partial charge in [0.05, 0.1) is 23.9 Å². The first-order valence-electron chi connectivity index (χ1n) is 9.88. The number of nitrogens with zero attached hydrogens (tertiary/aromatic N) is 3. The summed E-state index contributed by atoms with van der Waals surface area (Å²) in [5.41, 5.74) is 2.04. The summed E-state index contributed by atoms with van der Waals surface area (Å²) in [4.78, 5) is 33.9. The summed E-state index contributed by atoms with van der Waals surface area (Å²) >= 11 is 1.59. The molecule has 0 aliphatic carbocycles. The van der Waals surface area contributed by atoms with E-state index in [4.69, 9.17) is 4.74 Å². The molecule has 1 aromatic heterocycles. The highest BCUT2D eigenvalue weighted by atomic mass is 32.1. The van der Waals surface area contributed by atoms with Crippen molar-refractivity contribution in [3.63, 3.8) is 0 Å². The molecule has 1 aromatic carbocycles. The van der Waals surface area contributed by atoms with Crippen LogP contribution in [0.15, 0.2) is 35.7 Å². The molecule has 6 nitrogen and oxygen atoms in total. The lowest BCUT2D eigenvalue weighted by molar-refractivity contribution is -0.146. The average Bonchev–Trinajstić information content (AvgIpc) is 3.43. The molecule has 2 aliphatic rings. The Hall–Kier alpha value is -2.25. The normalized spacial score (nSPS) is 19.8. The Morgan fingerprint density at radius 1 is 1.14 bits per heavy atom. The molecule has 3 heterocycles. The first kappa shape index (κ1) is 19.1. The molecule has 7 heteroatoms. The van der Waals surface area contributed by atoms with E-state index in [9.17, 15) is 9.59 Å². The number of thiazole rings is 1. The van der Waals surface area contributed by atoms with Crippen LogP contribution < -0.4 is 0 Å². The highest BCUT2D eigenvalue weighted by Crippen LogP contribution is 2.24. The van der Waals surface area contributed by atoms with Crippen LogP contribution in [0.5, 0.6) is 0 Å². The monoisotopic (exact) mass is 399 g/mol. The molecule has 0 N–H and O–H groups in total. The maximum absolute atomic E-state index is 12.8. The second kappa shape index (κ2) is 8.84. The Kier molecular flexibility index (Phi) is 6.02. The van der Waals surface area contributed by atoms with Gasteiger partial charge in [0.2, 0.25) is 11.8 Å². The predicted octanol–water partition coefficient (Wildman–Crippen LogP) is 2.59. The van der Waals surface area contributed by atoms with E-state index in [-0.39, 0.29) is 17.9 Å². The molecule has 1 unspecified atom stereocenters. The minimum absolute atomic E-state index is 0.0561. The van der Waals surface area contributed by atoms with Gasteiger partial charge in [0, 0.05) is 43.4 Å². The van der Waals surface area contributed by atoms with Gasteiger partial charge in [-0.25, -0.2) is 4.98 Å². The van der Waals surface area contributed by atoms with Gasteiger partial charge in [-0.1, -0.05) is 30.3 Å². The fraction of sp³-hybridized carbons (Fsp3) is 0.476. The van der Waals surface area contributed by atoms with E-state index in [1.807, 2.05) is 40.6 Å². The Balaban J connectivity index is 1.34. The molecule has 2 amide bonds. The summed E-state index contributed by atoms with van der Waals surface area (Å²) in [6.45, 7) is 3.09. The number of rotatable bonds is 5. The number of amides is 2. The van der Waals surface area contributed by atoms with Crippen LogP contribution in [-0.4, -0.2) is 65.5 Å². The molecular formula is C21H25N3O3S. The van der Waals surface area contributed by atoms with Crippen LogP contribution >= 0.6 is 11.3 Å². The van der Waals surface area contributed by atoms with E-state index < -0.39 is 0 Å². The molecule has 2 saturated heterocycles. The van der Waals surface area contributed by atoms with Gasteiger partial charge in [-0.15, -0.1) is 11.3 Å². The minimum Gasteiger partial charge on any atom is -0.378 e. The third-order valence-electron chi connectivity index (χ3n) is 5.35. The number of benzene rings is 1. The van der Waals surface area contributed by atoms with Crippen LogP contribution in [0.3, 0.4) is 0 Å². The quantitative estimate of drug-likeness (QED) is 0.775. The predicted molar refractivity (Wildman–Crippen MR) is 108 cm³/mol. The molecule has 1 atom stereocenters. The molecule has 2 aromatic rings. The lowest BCUT2D eigenvalue weighted by atomic mass is 10.1. The van der Waals surface area contributed by atoms with E-state index in [0.29, 0.717) is 45.7 Å². The van der Waals surface area contributed by atoms with Crippen LogP contribution in [0.4, 0.5) is 0 Å². The number of aryl methyl sites for hydroxylation is 1. The molecule has 4 rings (SSSR count). The van der Waals surface area contributed by atoms with E-state index in [0.717, 1.165) is 29.1 Å². The molecule has 148 valence electrons. The topological polar surface area (TPSA) is 62.7 Å². The fourth-order valence-electron chi connectivity index (χ4n) is 3.84. The van der Waals surface area contributed by atoms with Gasteiger partial charge < -0.3 is 14.5 Å². The fourth-order valence-corrected chi connectivity index (χ4v) is 4.65. The largest absolute Gasteiger partial charge is 0.378 e. The molecule has 0 bridgehead atoms. The van der Waals surface area contributed by atoms with Gasteiger partial charge in [0.15, 0.2) is 0 Å². The van der Waals surface area contributed by atoms with Gasteiger partial charge in [-0.2, -0.15) is 0 Å². The van der Waals surface area contributed by atoms with E-state index in [1.54, 1.807) is 16.2 Å². The van der Waals surface area contributed by atoms with Crippen LogP contribution in [0.25, 0.3) is 11.3 Å². The summed E-state index contributed by atoms with van der Waals surface area (Å²) in [5, 5.41) is 3.00. The third-order valence-corrected chi connectivity index (χ3v) is 6.26. The second-order valence-electron chi connectivity index (χ2n) is 7.18. The van der Waals surface area contributed by atoms with Crippen LogP contribution in [0.2, 0.25) is 0 Å². The number of carbonyl (C=O) groups is 2. The Morgan fingerprint density at radius 2 is 1.93 bits per heavy atom. The van der Waals surface area contributed by atoms with E-state index in [1.165, 1.54) is 0 Å². The highest BCUT2D eigenvalue weighted by molar-refractivity contribution is 7.09. The van der Waals surface area contributed by atoms with Crippen molar-refractivity contribution >= 4 is 23.2 Å². The average molecular weight is 400 g/mol. The lowest BCUT2D eigenvalue weighted by Gasteiger charge is -2.32. The maximum atomic E-state index is 12.8. The third kappa shape index (κ3) is 4.25. The Morgan fingerprint density at radius 3 is 2.71 bits per heavy atom. The van der Waals surface area contributed by atoms with Crippen molar-refractivity contribution in [2.24, 2.45) is 0 Å². The van der Waals surface area contributed by atoms with Gasteiger partial charge in [-0.05, 0) is 12.8 Å². The van der Waals surface area contributed by atoms with Crippen LogP contribution in [-0.2, 0) is 20.7 Å². The number of hydrogen-bond acceptors (Lipinski definition) is 5. The Labute approximate surface area is 169 Å². The van der Waals surface area contributed by atoms with Crippen molar-refractivity contribution in [2.75, 3.05) is 32.8 Å². The van der Waals surface area contributed by atoms with Gasteiger partial charge >= 0.3 is 0 Å². The molecular weight excluding hydrogens is 374 g/mol. The maximum Gasteiger partial charge on any atom is 0.245 e. The second-order valence-corrected chi connectivity index (χ2v) is 8.12. The summed E-state index contributed by atoms with van der Waals surface area (Å²) in [6.07, 6.45) is 2.67. The van der Waals surface area contributed by atoms with Gasteiger partial charge in [0.1, 0.15) is 6.04 Å². The molecule has 28 heavy (non-hydrogen) atoms. The van der Waals surface area contributed by atoms with Gasteiger partial charge in [-0.3, -0.25) is 9.59 Å². The van der Waals surface area contributed by atoms with Crippen LogP contribution in [0, 0.1) is 0 Å². The number of morpholine rings is 1. The molecule has 0 saturated carbocycles. The van der Waals surface area contributed by atoms with E-state index in [2.05, 4.69) is 4.98 Å². The SMILES string of the molecule is O=C(C1CCCN1C(=O)CCc1nc(-c2ccccc2)cs1)N1CCOCC1. The standard InChI is InChI=1S/C21H25N3O3S/c25-20(9-8-19-22-17(15-28-19)16-5-2-1-3-6-16)24-10-4-7-18(24)21(26)23-11-13-27-14-12-23/h1-3,5-6,15,18H,4,7-14H2. The summed E-state index contributed by atoms with van der Waals surface area (Å²) in [5.74, 6) is 0.135. The number of carbonyl (C=O) groups excluding carboxylic acids is 2. The van der Waals surface area contributed by atoms with Crippen molar-refractivity contribution in [3.05, 3.63) is 40.7 Å². The molecule has 0 radical (unpaired) electrons. The lowest BCUT2D eigenvalue weighted by Crippen LogP contribution is -2.51. The highest BCUT2D eigenvalue weighted by Gasteiger charge is 2.36. The number of ether oxygens (including phenoxy) is 1. The minimum atomic E-state index is -0.304. The number of likely N-dealkylation sites (tertiary alicyclic amines) is 1. The zero-order valence-electron chi connectivity index (χ0n) is 15.9. The molecule has 0 spiro atoms. The Bertz CT molecular complexity index is 817. The summed E-state index contributed by atoms with van der Waals surface area (Å²) in [6, 6.07) is 9.75. The van der Waals surface area contributed by atoms with Crippen molar-refractivity contribution in [1.82, 2.24) is 14.8 Å². The zero-order chi connectivity index (χ0) is 19.3. The molecule has 2 aliphatic heterocycles. The smallest absolute Gasteiger partial charge is 0.245 e. The number of aromatic nitrogens is 1. The first-order chi connectivity index (χ1) is 13.7. The summed E-state index contributed by atoms with van der Waals surface area (Å²) in [7, 11) is 0. The van der Waals surface area contributed by atoms with Crippen molar-refractivity contribution in [2.45, 2.75) is 31.7 Å². The zero-order valence-corrected chi connectivity index (χ0v) is 16.7. The van der Waals surface area contributed by atoms with Crippen molar-refractivity contribution in [1.29, 1.82) is 0 Å². The molecule has 2 fully saturated rings. The first-order valence-corrected chi connectivity index (χ1v) is 10.8. The van der Waals surface area contributed by atoms with Crippen LogP contribution in [0.1, 0.15) is 24.3 Å². The van der Waals surface area contributed by atoms with Gasteiger partial charge in [0.25, 0.3) is 0 Å². The number of hydrogen-bond donors (Lipinski definition) is 0. The van der Waals surface area contributed by atoms with Crippen molar-refractivity contribution in [3.8, 4) is 11.3 Å². The van der Waals surface area contributed by atoms with Crippen molar-refractivity contribution < 1.29 is 14.3 Å². The van der Waals surface area contributed by atoms with E-state index >= 15 is 0 Å². The summed E-state index contributed by atoms with van der Waals surface area (Å²) < 4.78 is 5.33.